The Labute approximate surface area is 199 Å². The molecule has 1 aromatic rings. The first-order valence-corrected chi connectivity index (χ1v) is 11.7. The highest BCUT2D eigenvalue weighted by Crippen LogP contribution is 2.31. The highest BCUT2D eigenvalue weighted by Gasteiger charge is 2.50. The monoisotopic (exact) mass is 574 g/mol. The predicted octanol–water partition coefficient (Wildman–Crippen LogP) is 3.45. The standard InChI is InChI=1S/C20H29F3N4O2S.HI/c1-24-19(26-14-17-7-4-6-16-5-2-3-8-18(16)17)25-13-15-9-11-27(12-10-15)30(28,29)20(21,22)23;/h2-3,5,8,15,17H,4,6-7,9-14H2,1H3,(H2,24,25,26);1H. The number of hydrogen-bond donors (Lipinski definition) is 2. The second-order valence-electron chi connectivity index (χ2n) is 7.92. The van der Waals surface area contributed by atoms with Crippen LogP contribution >= 0.6 is 24.0 Å². The molecule has 31 heavy (non-hydrogen) atoms. The molecule has 1 unspecified atom stereocenters. The van der Waals surface area contributed by atoms with Crippen LogP contribution in [0.5, 0.6) is 0 Å². The van der Waals surface area contributed by atoms with Gasteiger partial charge in [0.05, 0.1) is 0 Å². The third kappa shape index (κ3) is 6.47. The summed E-state index contributed by atoms with van der Waals surface area (Å²) in [5, 5.41) is 6.59. The number of aryl methyl sites for hydroxylation is 1. The Kier molecular flexibility index (Phi) is 9.43. The molecule has 0 radical (unpaired) electrons. The van der Waals surface area contributed by atoms with Crippen molar-refractivity contribution in [3.8, 4) is 0 Å². The van der Waals surface area contributed by atoms with Gasteiger partial charge in [0, 0.05) is 39.1 Å². The summed E-state index contributed by atoms with van der Waals surface area (Å²) in [5.74, 6) is 1.17. The van der Waals surface area contributed by atoms with E-state index in [1.807, 2.05) is 0 Å². The summed E-state index contributed by atoms with van der Waals surface area (Å²) in [5.41, 5.74) is -2.45. The highest BCUT2D eigenvalue weighted by molar-refractivity contribution is 14.0. The summed E-state index contributed by atoms with van der Waals surface area (Å²) >= 11 is 0. The van der Waals surface area contributed by atoms with Crippen LogP contribution in [0.2, 0.25) is 0 Å². The Morgan fingerprint density at radius 3 is 2.42 bits per heavy atom. The highest BCUT2D eigenvalue weighted by atomic mass is 127. The van der Waals surface area contributed by atoms with Crippen LogP contribution in [0.25, 0.3) is 0 Å². The average molecular weight is 574 g/mol. The maximum absolute atomic E-state index is 12.7. The molecule has 1 heterocycles. The molecule has 2 aliphatic rings. The van der Waals surface area contributed by atoms with Crippen LogP contribution in [0, 0.1) is 5.92 Å². The van der Waals surface area contributed by atoms with E-state index in [0.717, 1.165) is 25.8 Å². The molecule has 1 fully saturated rings. The molecule has 0 amide bonds. The summed E-state index contributed by atoms with van der Waals surface area (Å²) in [6.07, 6.45) is 4.16. The van der Waals surface area contributed by atoms with E-state index in [9.17, 15) is 21.6 Å². The fraction of sp³-hybridized carbons (Fsp3) is 0.650. The van der Waals surface area contributed by atoms with Gasteiger partial charge in [-0.1, -0.05) is 24.3 Å². The first kappa shape index (κ1) is 26.2. The van der Waals surface area contributed by atoms with Crippen molar-refractivity contribution in [2.75, 3.05) is 33.2 Å². The minimum Gasteiger partial charge on any atom is -0.356 e. The summed E-state index contributed by atoms with van der Waals surface area (Å²) in [6, 6.07) is 8.50. The van der Waals surface area contributed by atoms with E-state index in [2.05, 4.69) is 39.9 Å². The molecule has 1 aliphatic carbocycles. The van der Waals surface area contributed by atoms with Crippen molar-refractivity contribution in [1.82, 2.24) is 14.9 Å². The molecular weight excluding hydrogens is 544 g/mol. The van der Waals surface area contributed by atoms with Gasteiger partial charge in [0.15, 0.2) is 5.96 Å². The van der Waals surface area contributed by atoms with Gasteiger partial charge in [-0.15, -0.1) is 24.0 Å². The lowest BCUT2D eigenvalue weighted by atomic mass is 9.83. The maximum atomic E-state index is 12.7. The Balaban J connectivity index is 0.00000341. The SMILES string of the molecule is CN=C(NCC1CCN(S(=O)(=O)C(F)(F)F)CC1)NCC1CCCc2ccccc21.I. The van der Waals surface area contributed by atoms with Crippen LogP contribution in [0.3, 0.4) is 0 Å². The van der Waals surface area contributed by atoms with Crippen LogP contribution in [-0.4, -0.2) is 57.4 Å². The summed E-state index contributed by atoms with van der Waals surface area (Å²) < 4.78 is 61.6. The molecule has 1 atom stereocenters. The zero-order valence-electron chi connectivity index (χ0n) is 17.5. The van der Waals surface area contributed by atoms with E-state index in [0.29, 0.717) is 35.6 Å². The van der Waals surface area contributed by atoms with Gasteiger partial charge in [0.25, 0.3) is 0 Å². The van der Waals surface area contributed by atoms with Crippen molar-refractivity contribution in [1.29, 1.82) is 0 Å². The zero-order chi connectivity index (χ0) is 21.8. The number of benzene rings is 1. The molecule has 0 bridgehead atoms. The van der Waals surface area contributed by atoms with Crippen LogP contribution in [0.1, 0.15) is 42.7 Å². The number of alkyl halides is 3. The number of fused-ring (bicyclic) bond motifs is 1. The van der Waals surface area contributed by atoms with E-state index >= 15 is 0 Å². The van der Waals surface area contributed by atoms with Crippen LogP contribution in [0.15, 0.2) is 29.3 Å². The molecule has 1 saturated heterocycles. The van der Waals surface area contributed by atoms with Crippen LogP contribution < -0.4 is 10.6 Å². The van der Waals surface area contributed by atoms with E-state index in [-0.39, 0.29) is 43.0 Å². The fourth-order valence-corrected chi connectivity index (χ4v) is 5.23. The molecule has 0 aromatic heterocycles. The second kappa shape index (κ2) is 11.2. The Morgan fingerprint density at radius 1 is 1.13 bits per heavy atom. The van der Waals surface area contributed by atoms with Crippen molar-refractivity contribution in [3.63, 3.8) is 0 Å². The Bertz CT molecular complexity index is 856. The van der Waals surface area contributed by atoms with Gasteiger partial charge in [0.2, 0.25) is 0 Å². The number of aliphatic imine (C=N–C) groups is 1. The topological polar surface area (TPSA) is 73.8 Å². The van der Waals surface area contributed by atoms with Crippen molar-refractivity contribution < 1.29 is 21.6 Å². The fourth-order valence-electron chi connectivity index (χ4n) is 4.25. The van der Waals surface area contributed by atoms with E-state index in [1.165, 1.54) is 11.1 Å². The molecule has 0 spiro atoms. The molecule has 11 heteroatoms. The minimum atomic E-state index is -5.23. The summed E-state index contributed by atoms with van der Waals surface area (Å²) in [4.78, 5) is 4.24. The predicted molar refractivity (Wildman–Crippen MR) is 126 cm³/mol. The van der Waals surface area contributed by atoms with Crippen LogP contribution in [0.4, 0.5) is 13.2 Å². The van der Waals surface area contributed by atoms with Gasteiger partial charge in [0.1, 0.15) is 0 Å². The lowest BCUT2D eigenvalue weighted by Crippen LogP contribution is -2.47. The Hall–Kier alpha value is -1.08. The number of nitrogens with one attached hydrogen (secondary N) is 2. The zero-order valence-corrected chi connectivity index (χ0v) is 20.6. The molecule has 2 N–H and O–H groups in total. The van der Waals surface area contributed by atoms with Crippen molar-refractivity contribution >= 4 is 40.0 Å². The van der Waals surface area contributed by atoms with Gasteiger partial charge in [-0.05, 0) is 49.1 Å². The number of sulfonamides is 1. The molecule has 1 aliphatic heterocycles. The number of halogens is 4. The van der Waals surface area contributed by atoms with Crippen LogP contribution in [-0.2, 0) is 16.4 Å². The number of piperidine rings is 1. The van der Waals surface area contributed by atoms with Gasteiger partial charge in [-0.3, -0.25) is 4.99 Å². The number of rotatable bonds is 5. The number of guanidine groups is 1. The molecule has 1 aromatic carbocycles. The number of hydrogen-bond acceptors (Lipinski definition) is 3. The molecule has 6 nitrogen and oxygen atoms in total. The van der Waals surface area contributed by atoms with E-state index in [1.54, 1.807) is 7.05 Å². The molecule has 176 valence electrons. The molecular formula is C20H30F3IN4O2S. The third-order valence-corrected chi connectivity index (χ3v) is 7.63. The van der Waals surface area contributed by atoms with Gasteiger partial charge in [-0.25, -0.2) is 8.42 Å². The summed E-state index contributed by atoms with van der Waals surface area (Å²) in [6.45, 7) is 1.08. The second-order valence-corrected chi connectivity index (χ2v) is 9.84. The minimum absolute atomic E-state index is 0. The normalized spacial score (nSPS) is 21.2. The maximum Gasteiger partial charge on any atom is 0.511 e. The van der Waals surface area contributed by atoms with Gasteiger partial charge >= 0.3 is 15.5 Å². The van der Waals surface area contributed by atoms with Gasteiger partial charge in [-0.2, -0.15) is 17.5 Å². The van der Waals surface area contributed by atoms with Crippen molar-refractivity contribution in [2.45, 2.75) is 43.5 Å². The largest absolute Gasteiger partial charge is 0.511 e. The van der Waals surface area contributed by atoms with E-state index in [4.69, 9.17) is 0 Å². The van der Waals surface area contributed by atoms with Gasteiger partial charge < -0.3 is 10.6 Å². The quantitative estimate of drug-likeness (QED) is 0.321. The van der Waals surface area contributed by atoms with Crippen molar-refractivity contribution in [2.24, 2.45) is 10.9 Å². The third-order valence-electron chi connectivity index (χ3n) is 6.00. The molecule has 0 saturated carbocycles. The van der Waals surface area contributed by atoms with E-state index < -0.39 is 15.5 Å². The average Bonchev–Trinajstić information content (AvgIpc) is 2.73. The number of nitrogens with zero attached hydrogens (tertiary/aromatic N) is 2. The lowest BCUT2D eigenvalue weighted by Gasteiger charge is -2.32. The Morgan fingerprint density at radius 2 is 1.77 bits per heavy atom. The smallest absolute Gasteiger partial charge is 0.356 e. The lowest BCUT2D eigenvalue weighted by molar-refractivity contribution is -0.0496. The first-order valence-electron chi connectivity index (χ1n) is 10.3. The molecule has 3 rings (SSSR count). The van der Waals surface area contributed by atoms with Crippen molar-refractivity contribution in [3.05, 3.63) is 35.4 Å². The first-order chi connectivity index (χ1) is 14.2. The summed E-state index contributed by atoms with van der Waals surface area (Å²) in [7, 11) is -3.54.